The fraction of sp³-hybridized carbons (Fsp3) is 1.00. The predicted octanol–water partition coefficient (Wildman–Crippen LogP) is 8.21. The largest absolute Gasteiger partial charge is 0.0654 e. The second kappa shape index (κ2) is 9.47. The molecule has 0 heterocycles. The van der Waals surface area contributed by atoms with Gasteiger partial charge in [0.1, 0.15) is 0 Å². The minimum absolute atomic E-state index is 0.359. The first-order valence-electron chi connectivity index (χ1n) is 10.5. The van der Waals surface area contributed by atoms with Crippen LogP contribution < -0.4 is 0 Å². The van der Waals surface area contributed by atoms with E-state index in [1.54, 1.807) is 0 Å². The molecule has 5 atom stereocenters. The van der Waals surface area contributed by atoms with Gasteiger partial charge in [-0.25, -0.2) is 0 Å². The lowest BCUT2D eigenvalue weighted by molar-refractivity contribution is -0.0997. The van der Waals surface area contributed by atoms with E-state index in [1.165, 1.54) is 32.1 Å². The Morgan fingerprint density at radius 3 is 1.52 bits per heavy atom. The molecule has 5 unspecified atom stereocenters. The van der Waals surface area contributed by atoms with Crippen LogP contribution in [0.25, 0.3) is 0 Å². The molecule has 0 radical (unpaired) electrons. The molecule has 0 aromatic heterocycles. The zero-order valence-corrected chi connectivity index (χ0v) is 18.4. The molecule has 0 nitrogen and oxygen atoms in total. The predicted molar refractivity (Wildman–Crippen MR) is 108 cm³/mol. The van der Waals surface area contributed by atoms with Crippen LogP contribution in [0.2, 0.25) is 0 Å². The summed E-state index contributed by atoms with van der Waals surface area (Å²) in [6.07, 6.45) is 6.68. The van der Waals surface area contributed by atoms with Crippen molar-refractivity contribution in [3.05, 3.63) is 0 Å². The Morgan fingerprint density at radius 2 is 1.17 bits per heavy atom. The van der Waals surface area contributed by atoms with Gasteiger partial charge in [0.05, 0.1) is 0 Å². The molecule has 0 bridgehead atoms. The van der Waals surface area contributed by atoms with Crippen molar-refractivity contribution in [3.8, 4) is 0 Å². The summed E-state index contributed by atoms with van der Waals surface area (Å²) in [6.45, 7) is 27.3. The second-order valence-electron chi connectivity index (χ2n) is 9.49. The fourth-order valence-corrected chi connectivity index (χ4v) is 5.09. The molecule has 0 amide bonds. The molecule has 0 saturated carbocycles. The van der Waals surface area contributed by atoms with E-state index < -0.39 is 0 Å². The summed E-state index contributed by atoms with van der Waals surface area (Å²) in [4.78, 5) is 0. The average molecular weight is 325 g/mol. The van der Waals surface area contributed by atoms with E-state index in [2.05, 4.69) is 76.2 Å². The molecular formula is C23H48. The van der Waals surface area contributed by atoms with Crippen molar-refractivity contribution in [1.29, 1.82) is 0 Å². The van der Waals surface area contributed by atoms with Gasteiger partial charge in [0.15, 0.2) is 0 Å². The Labute approximate surface area is 149 Å². The Balaban J connectivity index is 6.04. The van der Waals surface area contributed by atoms with Crippen molar-refractivity contribution in [1.82, 2.24) is 0 Å². The summed E-state index contributed by atoms with van der Waals surface area (Å²) < 4.78 is 0. The van der Waals surface area contributed by atoms with E-state index in [4.69, 9.17) is 0 Å². The monoisotopic (exact) mass is 324 g/mol. The molecule has 0 aliphatic heterocycles. The van der Waals surface area contributed by atoms with Crippen LogP contribution in [0.3, 0.4) is 0 Å². The Bertz CT molecular complexity index is 314. The van der Waals surface area contributed by atoms with Crippen molar-refractivity contribution < 1.29 is 0 Å². The highest BCUT2D eigenvalue weighted by Gasteiger charge is 2.52. The topological polar surface area (TPSA) is 0 Å². The van der Waals surface area contributed by atoms with Crippen LogP contribution >= 0.6 is 0 Å². The van der Waals surface area contributed by atoms with Gasteiger partial charge in [-0.1, -0.05) is 102 Å². The van der Waals surface area contributed by atoms with Crippen molar-refractivity contribution in [3.63, 3.8) is 0 Å². The lowest BCUT2D eigenvalue weighted by atomic mass is 9.46. The Kier molecular flexibility index (Phi) is 9.47. The van der Waals surface area contributed by atoms with E-state index >= 15 is 0 Å². The van der Waals surface area contributed by atoms with Crippen molar-refractivity contribution >= 4 is 0 Å². The van der Waals surface area contributed by atoms with E-state index in [0.717, 1.165) is 23.7 Å². The summed E-state index contributed by atoms with van der Waals surface area (Å²) in [6, 6.07) is 0. The highest BCUT2D eigenvalue weighted by atomic mass is 14.6. The average Bonchev–Trinajstić information content (AvgIpc) is 2.50. The van der Waals surface area contributed by atoms with Gasteiger partial charge in [-0.15, -0.1) is 0 Å². The summed E-state index contributed by atoms with van der Waals surface area (Å²) in [5, 5.41) is 0. The standard InChI is InChI=1S/C23H48/c1-12-15-19(7)20(8)23(11,22(9,10)17(4)5)21(16-13-2)18(6)14-3/h17-21H,12-16H2,1-11H3. The van der Waals surface area contributed by atoms with E-state index in [-0.39, 0.29) is 0 Å². The van der Waals surface area contributed by atoms with Crippen LogP contribution in [-0.4, -0.2) is 0 Å². The van der Waals surface area contributed by atoms with Gasteiger partial charge in [0.25, 0.3) is 0 Å². The maximum Gasteiger partial charge on any atom is -0.0213 e. The summed E-state index contributed by atoms with van der Waals surface area (Å²) in [7, 11) is 0. The van der Waals surface area contributed by atoms with Crippen LogP contribution in [0.5, 0.6) is 0 Å². The number of rotatable bonds is 11. The first-order chi connectivity index (χ1) is 10.5. The molecule has 0 spiro atoms. The van der Waals surface area contributed by atoms with Crippen molar-refractivity contribution in [2.24, 2.45) is 40.4 Å². The zero-order chi connectivity index (χ0) is 18.4. The first kappa shape index (κ1) is 23.0. The minimum Gasteiger partial charge on any atom is -0.0654 e. The third kappa shape index (κ3) is 4.76. The van der Waals surface area contributed by atoms with Crippen molar-refractivity contribution in [2.75, 3.05) is 0 Å². The Hall–Kier alpha value is 0. The van der Waals surface area contributed by atoms with Gasteiger partial charge < -0.3 is 0 Å². The van der Waals surface area contributed by atoms with Gasteiger partial charge in [0, 0.05) is 0 Å². The highest BCUT2D eigenvalue weighted by Crippen LogP contribution is 2.59. The third-order valence-corrected chi connectivity index (χ3v) is 8.08. The Morgan fingerprint density at radius 1 is 0.696 bits per heavy atom. The molecule has 0 aromatic carbocycles. The van der Waals surface area contributed by atoms with Gasteiger partial charge >= 0.3 is 0 Å². The first-order valence-corrected chi connectivity index (χ1v) is 10.5. The molecule has 23 heavy (non-hydrogen) atoms. The lowest BCUT2D eigenvalue weighted by Crippen LogP contribution is -2.52. The van der Waals surface area contributed by atoms with Gasteiger partial charge in [0.2, 0.25) is 0 Å². The summed E-state index contributed by atoms with van der Waals surface area (Å²) in [5.41, 5.74) is 0.749. The molecule has 0 rings (SSSR count). The molecule has 0 aromatic rings. The van der Waals surface area contributed by atoms with E-state index in [1.807, 2.05) is 0 Å². The normalized spacial score (nSPS) is 20.9. The van der Waals surface area contributed by atoms with Gasteiger partial charge in [-0.2, -0.15) is 0 Å². The SMILES string of the molecule is CCCC(C)C(C)C(C)(C(CCC)C(C)CC)C(C)(C)C(C)C. The zero-order valence-electron chi connectivity index (χ0n) is 18.4. The molecule has 0 saturated heterocycles. The summed E-state index contributed by atoms with van der Waals surface area (Å²) in [5.74, 6) is 3.93. The molecule has 0 heteroatoms. The molecule has 0 fully saturated rings. The van der Waals surface area contributed by atoms with Gasteiger partial charge in [-0.3, -0.25) is 0 Å². The minimum atomic E-state index is 0.359. The van der Waals surface area contributed by atoms with Gasteiger partial charge in [-0.05, 0) is 46.8 Å². The van der Waals surface area contributed by atoms with E-state index in [0.29, 0.717) is 16.7 Å². The molecule has 0 aliphatic rings. The number of hydrogen-bond donors (Lipinski definition) is 0. The second-order valence-corrected chi connectivity index (χ2v) is 9.49. The summed E-state index contributed by atoms with van der Waals surface area (Å²) >= 11 is 0. The highest BCUT2D eigenvalue weighted by molar-refractivity contribution is 5.01. The molecule has 140 valence electrons. The van der Waals surface area contributed by atoms with Crippen LogP contribution in [0.1, 0.15) is 108 Å². The maximum absolute atomic E-state index is 2.65. The maximum atomic E-state index is 2.65. The third-order valence-electron chi connectivity index (χ3n) is 8.08. The lowest BCUT2D eigenvalue weighted by Gasteiger charge is -2.58. The van der Waals surface area contributed by atoms with Crippen LogP contribution in [0, 0.1) is 40.4 Å². The van der Waals surface area contributed by atoms with Crippen LogP contribution in [0.4, 0.5) is 0 Å². The van der Waals surface area contributed by atoms with Crippen LogP contribution in [0.15, 0.2) is 0 Å². The van der Waals surface area contributed by atoms with E-state index in [9.17, 15) is 0 Å². The quantitative estimate of drug-likeness (QED) is 0.359. The molecule has 0 aliphatic carbocycles. The smallest absolute Gasteiger partial charge is 0.0213 e. The molecular weight excluding hydrogens is 276 g/mol. The van der Waals surface area contributed by atoms with Crippen molar-refractivity contribution in [2.45, 2.75) is 108 Å². The number of hydrogen-bond acceptors (Lipinski definition) is 0. The van der Waals surface area contributed by atoms with Crippen LogP contribution in [-0.2, 0) is 0 Å². The molecule has 0 N–H and O–H groups in total. The fourth-order valence-electron chi connectivity index (χ4n) is 5.09.